The van der Waals surface area contributed by atoms with Crippen molar-refractivity contribution in [3.63, 3.8) is 0 Å². The Kier molecular flexibility index (Phi) is 7.92. The Morgan fingerprint density at radius 2 is 2.11 bits per heavy atom. The molecule has 0 aliphatic carbocycles. The molecule has 1 fully saturated rings. The Labute approximate surface area is 116 Å². The number of amides is 2. The normalized spacial score (nSPS) is 15.6. The largest absolute Gasteiger partial charge is 0.279 e. The van der Waals surface area contributed by atoms with Gasteiger partial charge in [0, 0.05) is 19.0 Å². The lowest BCUT2D eigenvalue weighted by atomic mass is 10.1. The van der Waals surface area contributed by atoms with E-state index < -0.39 is 0 Å². The fraction of sp³-hybridized carbons (Fsp3) is 0.688. The summed E-state index contributed by atoms with van der Waals surface area (Å²) < 4.78 is 0. The van der Waals surface area contributed by atoms with Gasteiger partial charge in [-0.25, -0.2) is 0 Å². The lowest BCUT2D eigenvalue weighted by Crippen LogP contribution is -2.35. The van der Waals surface area contributed by atoms with E-state index in [-0.39, 0.29) is 11.8 Å². The molecule has 0 aromatic heterocycles. The smallest absolute Gasteiger partial charge is 0.260 e. The third-order valence-corrected chi connectivity index (χ3v) is 3.37. The zero-order valence-electron chi connectivity index (χ0n) is 12.0. The molecule has 2 amide bonds. The molecule has 0 aromatic rings. The fourth-order valence-corrected chi connectivity index (χ4v) is 2.18. The second-order valence-electron chi connectivity index (χ2n) is 5.06. The summed E-state index contributed by atoms with van der Waals surface area (Å²) in [6.45, 7) is 2.75. The third-order valence-electron chi connectivity index (χ3n) is 3.37. The molecule has 1 rings (SSSR count). The number of imide groups is 1. The van der Waals surface area contributed by atoms with Crippen molar-refractivity contribution in [3.05, 3.63) is 17.9 Å². The van der Waals surface area contributed by atoms with Crippen molar-refractivity contribution in [2.75, 3.05) is 6.54 Å². The van der Waals surface area contributed by atoms with Crippen LogP contribution in [0.5, 0.6) is 0 Å². The Balaban J connectivity index is 2.35. The summed E-state index contributed by atoms with van der Waals surface area (Å²) in [6.07, 6.45) is 12.5. The lowest BCUT2D eigenvalue weighted by molar-refractivity contribution is -0.141. The molecule has 0 spiro atoms. The average Bonchev–Trinajstić information content (AvgIpc) is 2.62. The number of hydrogen-bond donors (Lipinski definition) is 0. The van der Waals surface area contributed by atoms with Crippen molar-refractivity contribution in [2.24, 2.45) is 0 Å². The van der Waals surface area contributed by atoms with Gasteiger partial charge in [-0.05, 0) is 31.8 Å². The first-order chi connectivity index (χ1) is 9.25. The van der Waals surface area contributed by atoms with Gasteiger partial charge in [-0.3, -0.25) is 14.5 Å². The van der Waals surface area contributed by atoms with Gasteiger partial charge >= 0.3 is 0 Å². The van der Waals surface area contributed by atoms with E-state index in [2.05, 4.69) is 12.7 Å². The van der Waals surface area contributed by atoms with Crippen LogP contribution in [-0.4, -0.2) is 23.3 Å². The molecule has 1 heterocycles. The second kappa shape index (κ2) is 9.57. The highest BCUT2D eigenvalue weighted by atomic mass is 16.2. The van der Waals surface area contributed by atoms with Crippen molar-refractivity contribution in [1.29, 1.82) is 0 Å². The predicted octanol–water partition coefficient (Wildman–Crippen LogP) is 3.60. The van der Waals surface area contributed by atoms with Crippen molar-refractivity contribution < 1.29 is 9.59 Å². The molecule has 0 atom stereocenters. The molecule has 106 valence electrons. The number of unbranched alkanes of at least 4 members (excludes halogenated alkanes) is 4. The molecule has 3 nitrogen and oxygen atoms in total. The van der Waals surface area contributed by atoms with Crippen LogP contribution in [0.15, 0.2) is 17.9 Å². The molecule has 1 aliphatic rings. The van der Waals surface area contributed by atoms with E-state index in [0.29, 0.717) is 13.0 Å². The van der Waals surface area contributed by atoms with Gasteiger partial charge in [-0.15, -0.1) is 5.73 Å². The molecular weight excluding hydrogens is 238 g/mol. The summed E-state index contributed by atoms with van der Waals surface area (Å²) in [5.41, 5.74) is 2.91. The van der Waals surface area contributed by atoms with E-state index in [4.69, 9.17) is 0 Å². The first kappa shape index (κ1) is 15.7. The van der Waals surface area contributed by atoms with E-state index in [1.54, 1.807) is 0 Å². The van der Waals surface area contributed by atoms with Crippen LogP contribution in [0.25, 0.3) is 0 Å². The van der Waals surface area contributed by atoms with E-state index in [1.807, 2.05) is 6.08 Å². The molecule has 0 radical (unpaired) electrons. The van der Waals surface area contributed by atoms with Crippen LogP contribution < -0.4 is 0 Å². The third kappa shape index (κ3) is 6.40. The minimum absolute atomic E-state index is 0.0384. The Morgan fingerprint density at radius 3 is 2.89 bits per heavy atom. The van der Waals surface area contributed by atoms with Crippen LogP contribution in [0.4, 0.5) is 0 Å². The molecule has 0 aromatic carbocycles. The van der Waals surface area contributed by atoms with E-state index >= 15 is 0 Å². The van der Waals surface area contributed by atoms with Crippen molar-refractivity contribution in [2.45, 2.75) is 64.7 Å². The predicted molar refractivity (Wildman–Crippen MR) is 76.6 cm³/mol. The van der Waals surface area contributed by atoms with Gasteiger partial charge in [0.25, 0.3) is 5.91 Å². The van der Waals surface area contributed by atoms with E-state index in [0.717, 1.165) is 32.1 Å². The topological polar surface area (TPSA) is 37.4 Å². The number of hydrogen-bond acceptors (Lipinski definition) is 2. The lowest BCUT2D eigenvalue weighted by Gasteiger charge is -2.15. The number of rotatable bonds is 6. The fourth-order valence-electron chi connectivity index (χ4n) is 2.18. The minimum Gasteiger partial charge on any atom is -0.279 e. The van der Waals surface area contributed by atoms with Crippen LogP contribution in [0.1, 0.15) is 64.7 Å². The van der Waals surface area contributed by atoms with Gasteiger partial charge < -0.3 is 0 Å². The summed E-state index contributed by atoms with van der Waals surface area (Å²) >= 11 is 0. The van der Waals surface area contributed by atoms with Crippen molar-refractivity contribution in [3.8, 4) is 0 Å². The monoisotopic (exact) mass is 263 g/mol. The molecule has 1 aliphatic heterocycles. The van der Waals surface area contributed by atoms with Crippen molar-refractivity contribution in [1.82, 2.24) is 4.90 Å². The molecular formula is C16H25NO2. The van der Waals surface area contributed by atoms with Gasteiger partial charge in [0.05, 0.1) is 0 Å². The highest BCUT2D eigenvalue weighted by Crippen LogP contribution is 2.11. The molecule has 0 saturated carbocycles. The number of nitrogens with zero attached hydrogens (tertiary/aromatic N) is 1. The zero-order chi connectivity index (χ0) is 13.9. The maximum Gasteiger partial charge on any atom is 0.260 e. The summed E-state index contributed by atoms with van der Waals surface area (Å²) in [6, 6.07) is 0. The minimum atomic E-state index is -0.211. The second-order valence-corrected chi connectivity index (χ2v) is 5.06. The van der Waals surface area contributed by atoms with Gasteiger partial charge in [-0.1, -0.05) is 32.6 Å². The van der Waals surface area contributed by atoms with Crippen LogP contribution in [0, 0.1) is 0 Å². The first-order valence-corrected chi connectivity index (χ1v) is 7.51. The van der Waals surface area contributed by atoms with Crippen LogP contribution in [0.3, 0.4) is 0 Å². The summed E-state index contributed by atoms with van der Waals surface area (Å²) in [4.78, 5) is 24.9. The summed E-state index contributed by atoms with van der Waals surface area (Å²) in [5.74, 6) is -0.250. The van der Waals surface area contributed by atoms with Gasteiger partial charge in [0.15, 0.2) is 0 Å². The van der Waals surface area contributed by atoms with Gasteiger partial charge in [-0.2, -0.15) is 0 Å². The standard InChI is InChI=1S/C16H25NO2/c1-2-3-4-5-6-7-9-12-15(18)17-14-11-8-10-13-16(17)19/h7,12H,2-6,8,10-11,13-14H2,1H3. The van der Waals surface area contributed by atoms with Gasteiger partial charge in [0.2, 0.25) is 5.91 Å². The van der Waals surface area contributed by atoms with E-state index in [1.165, 1.54) is 30.2 Å². The SMILES string of the molecule is CCCCCCC=C=CC(=O)N1CCCCCC1=O. The molecule has 1 saturated heterocycles. The Bertz CT molecular complexity index is 354. The molecule has 19 heavy (non-hydrogen) atoms. The maximum atomic E-state index is 11.9. The maximum absolute atomic E-state index is 11.9. The van der Waals surface area contributed by atoms with Gasteiger partial charge in [0.1, 0.15) is 0 Å². The first-order valence-electron chi connectivity index (χ1n) is 7.51. The molecule has 3 heteroatoms. The Morgan fingerprint density at radius 1 is 1.26 bits per heavy atom. The van der Waals surface area contributed by atoms with Crippen LogP contribution in [0.2, 0.25) is 0 Å². The average molecular weight is 263 g/mol. The highest BCUT2D eigenvalue weighted by Gasteiger charge is 2.20. The molecule has 0 N–H and O–H groups in total. The van der Waals surface area contributed by atoms with Crippen molar-refractivity contribution >= 4 is 11.8 Å². The Hall–Kier alpha value is -1.34. The quantitative estimate of drug-likeness (QED) is 0.417. The number of carbonyl (C=O) groups is 2. The van der Waals surface area contributed by atoms with Crippen LogP contribution in [-0.2, 0) is 9.59 Å². The molecule has 0 unspecified atom stereocenters. The molecule has 0 bridgehead atoms. The summed E-state index contributed by atoms with van der Waals surface area (Å²) in [5, 5.41) is 0. The highest BCUT2D eigenvalue weighted by molar-refractivity contribution is 6.00. The number of likely N-dealkylation sites (tertiary alicyclic amines) is 1. The zero-order valence-corrected chi connectivity index (χ0v) is 12.0. The number of carbonyl (C=O) groups excluding carboxylic acids is 2. The van der Waals surface area contributed by atoms with Crippen LogP contribution >= 0.6 is 0 Å². The summed E-state index contributed by atoms with van der Waals surface area (Å²) in [7, 11) is 0. The van der Waals surface area contributed by atoms with E-state index in [9.17, 15) is 9.59 Å².